The molecule has 1 unspecified atom stereocenters. The van der Waals surface area contributed by atoms with Gasteiger partial charge in [0.15, 0.2) is 21.4 Å². The van der Waals surface area contributed by atoms with Gasteiger partial charge in [0.25, 0.3) is 0 Å². The number of hydrogen-bond donors (Lipinski definition) is 1. The van der Waals surface area contributed by atoms with E-state index in [0.29, 0.717) is 24.8 Å². The van der Waals surface area contributed by atoms with Crippen molar-refractivity contribution in [2.75, 3.05) is 6.61 Å². The van der Waals surface area contributed by atoms with Gasteiger partial charge in [-0.1, -0.05) is 6.92 Å². The summed E-state index contributed by atoms with van der Waals surface area (Å²) >= 11 is 0. The lowest BCUT2D eigenvalue weighted by Crippen LogP contribution is -2.63. The van der Waals surface area contributed by atoms with Gasteiger partial charge in [-0.3, -0.25) is 4.21 Å². The molecule has 1 N–H and O–H groups in total. The summed E-state index contributed by atoms with van der Waals surface area (Å²) in [6.45, 7) is 1.79. The summed E-state index contributed by atoms with van der Waals surface area (Å²) in [7, 11) is -6.85. The zero-order valence-corrected chi connectivity index (χ0v) is 20.8. The number of benzene rings is 2. The molecule has 10 heteroatoms. The fraction of sp³-hybridized carbons (Fsp3) is 0.440. The number of nitrogens with zero attached hydrogens (tertiary/aromatic N) is 1. The highest BCUT2D eigenvalue weighted by atomic mass is 32.2. The third-order valence-electron chi connectivity index (χ3n) is 8.00. The van der Waals surface area contributed by atoms with Gasteiger partial charge in [-0.2, -0.15) is 5.26 Å². The first-order chi connectivity index (χ1) is 16.6. The summed E-state index contributed by atoms with van der Waals surface area (Å²) in [5, 5.41) is 8.86. The number of sulfone groups is 1. The van der Waals surface area contributed by atoms with Gasteiger partial charge >= 0.3 is 0 Å². The number of nitrogens with one attached hydrogen (secondary N) is 1. The predicted molar refractivity (Wildman–Crippen MR) is 129 cm³/mol. The Morgan fingerprint density at radius 3 is 2.57 bits per heavy atom. The largest absolute Gasteiger partial charge is 0.490 e. The predicted octanol–water partition coefficient (Wildman–Crippen LogP) is 3.70. The smallest absolute Gasteiger partial charge is 0.188 e. The lowest BCUT2D eigenvalue weighted by molar-refractivity contribution is 0.0501. The molecule has 2 heterocycles. The summed E-state index contributed by atoms with van der Waals surface area (Å²) in [6, 6.07) is 9.06. The highest BCUT2D eigenvalue weighted by molar-refractivity contribution is 7.99. The van der Waals surface area contributed by atoms with Crippen molar-refractivity contribution in [2.24, 2.45) is 11.8 Å². The van der Waals surface area contributed by atoms with Crippen LogP contribution in [0.5, 0.6) is 5.75 Å². The van der Waals surface area contributed by atoms with Crippen LogP contribution < -0.4 is 9.46 Å². The second kappa shape index (κ2) is 8.29. The van der Waals surface area contributed by atoms with Crippen LogP contribution in [0, 0.1) is 34.8 Å². The van der Waals surface area contributed by atoms with Gasteiger partial charge in [0.2, 0.25) is 0 Å². The number of halogens is 2. The third kappa shape index (κ3) is 3.43. The van der Waals surface area contributed by atoms with Gasteiger partial charge in [-0.15, -0.1) is 0 Å². The van der Waals surface area contributed by atoms with E-state index < -0.39 is 41.8 Å². The van der Waals surface area contributed by atoms with Crippen molar-refractivity contribution in [1.82, 2.24) is 4.72 Å². The molecule has 0 bridgehead atoms. The molecule has 1 saturated carbocycles. The fourth-order valence-electron chi connectivity index (χ4n) is 6.32. The molecule has 5 rings (SSSR count). The van der Waals surface area contributed by atoms with E-state index in [-0.39, 0.29) is 46.4 Å². The summed E-state index contributed by atoms with van der Waals surface area (Å²) in [4.78, 5) is -0.0618. The highest BCUT2D eigenvalue weighted by Gasteiger charge is 2.63. The maximum atomic E-state index is 15.5. The van der Waals surface area contributed by atoms with E-state index in [1.807, 2.05) is 13.0 Å². The normalized spacial score (nSPS) is 34.0. The molecule has 0 radical (unpaired) electrons. The second-order valence-corrected chi connectivity index (χ2v) is 14.2. The molecule has 6 atom stereocenters. The topological polar surface area (TPSA) is 96.3 Å². The van der Waals surface area contributed by atoms with Gasteiger partial charge in [0.05, 0.1) is 28.7 Å². The van der Waals surface area contributed by atoms with Crippen LogP contribution in [-0.4, -0.2) is 36.4 Å². The van der Waals surface area contributed by atoms with Crippen LogP contribution in [0.15, 0.2) is 41.3 Å². The first-order valence-corrected chi connectivity index (χ1v) is 14.8. The minimum Gasteiger partial charge on any atom is -0.490 e. The Morgan fingerprint density at radius 1 is 1.23 bits per heavy atom. The van der Waals surface area contributed by atoms with E-state index in [9.17, 15) is 17.0 Å². The van der Waals surface area contributed by atoms with Crippen molar-refractivity contribution >= 4 is 25.4 Å². The zero-order valence-electron chi connectivity index (χ0n) is 19.2. The zero-order chi connectivity index (χ0) is 25.2. The fourth-order valence-corrected chi connectivity index (χ4v) is 10.8. The van der Waals surface area contributed by atoms with Crippen molar-refractivity contribution in [2.45, 2.75) is 53.5 Å². The average Bonchev–Trinajstić information content (AvgIpc) is 2.84. The summed E-state index contributed by atoms with van der Waals surface area (Å²) in [5.41, 5.74) is 0.0179. The van der Waals surface area contributed by atoms with E-state index >= 15 is 4.39 Å². The molecule has 186 valence electrons. The number of nitriles is 1. The van der Waals surface area contributed by atoms with Crippen molar-refractivity contribution in [3.63, 3.8) is 0 Å². The van der Waals surface area contributed by atoms with Crippen LogP contribution in [-0.2, 0) is 24.3 Å². The molecule has 6 nitrogen and oxygen atoms in total. The minimum atomic E-state index is -4.28. The molecule has 2 aliphatic heterocycles. The van der Waals surface area contributed by atoms with Crippen LogP contribution in [0.4, 0.5) is 8.78 Å². The maximum Gasteiger partial charge on any atom is 0.188 e. The number of ether oxygens (including phenoxy) is 1. The van der Waals surface area contributed by atoms with Gasteiger partial charge < -0.3 is 4.74 Å². The van der Waals surface area contributed by atoms with Crippen molar-refractivity contribution in [3.8, 4) is 11.8 Å². The maximum absolute atomic E-state index is 15.5. The average molecular weight is 521 g/mol. The minimum absolute atomic E-state index is 0.00276. The first-order valence-electron chi connectivity index (χ1n) is 11.6. The molecule has 1 aliphatic carbocycles. The third-order valence-corrected chi connectivity index (χ3v) is 12.9. The van der Waals surface area contributed by atoms with Crippen LogP contribution in [0.3, 0.4) is 0 Å². The van der Waals surface area contributed by atoms with Gasteiger partial charge in [-0.25, -0.2) is 21.9 Å². The second-order valence-electron chi connectivity index (χ2n) is 9.60. The molecule has 35 heavy (non-hydrogen) atoms. The van der Waals surface area contributed by atoms with E-state index in [1.165, 1.54) is 24.3 Å². The molecular formula is C25H26F2N2O4S2. The molecule has 3 aliphatic rings. The first kappa shape index (κ1) is 24.2. The Morgan fingerprint density at radius 2 is 1.91 bits per heavy atom. The Labute approximate surface area is 204 Å². The highest BCUT2D eigenvalue weighted by Crippen LogP contribution is 2.59. The molecule has 1 saturated heterocycles. The standard InChI is InChI=1S/C25H26F2N2O4S2/c1-3-16-12-18-19-14-33-24-21(27)9-8-20(26)23(24)25(19,11-10-22(18)29-34(16,2)30)35(31,32)17-6-4-15(13-28)5-7-17/h4-9,16,18-19,22H,2-3,10-12,14H2,1H3,(H,29,30)/t16-,18+,19+,22-,25+,34?/m1/s1. The quantitative estimate of drug-likeness (QED) is 0.623. The van der Waals surface area contributed by atoms with Crippen molar-refractivity contribution in [3.05, 3.63) is 59.2 Å². The van der Waals surface area contributed by atoms with Crippen LogP contribution in [0.2, 0.25) is 0 Å². The van der Waals surface area contributed by atoms with Crippen molar-refractivity contribution in [1.29, 1.82) is 5.26 Å². The summed E-state index contributed by atoms with van der Waals surface area (Å²) in [6.07, 6.45) is 1.33. The SMILES string of the molecule is C=S1(=O)N[C@@H]2CC[C@@]3(S(=O)(=O)c4ccc(C#N)cc4)c4c(F)ccc(F)c4OC[C@H]3[C@@H]2C[C@H]1CC. The molecule has 2 fully saturated rings. The van der Waals surface area contributed by atoms with E-state index in [2.05, 4.69) is 10.6 Å². The monoisotopic (exact) mass is 520 g/mol. The Bertz CT molecular complexity index is 1440. The molecule has 0 spiro atoms. The van der Waals surface area contributed by atoms with Gasteiger partial charge in [0, 0.05) is 26.9 Å². The summed E-state index contributed by atoms with van der Waals surface area (Å²) in [5.74, 6) is 0.881. The van der Waals surface area contributed by atoms with E-state index in [4.69, 9.17) is 10.00 Å². The number of fused-ring (bicyclic) bond motifs is 5. The van der Waals surface area contributed by atoms with E-state index in [1.54, 1.807) is 0 Å². The lowest BCUT2D eigenvalue weighted by atomic mass is 9.64. The summed E-state index contributed by atoms with van der Waals surface area (Å²) < 4.78 is 79.4. The molecule has 2 aromatic carbocycles. The van der Waals surface area contributed by atoms with Crippen LogP contribution in [0.25, 0.3) is 0 Å². The molecule has 0 amide bonds. The molecular weight excluding hydrogens is 494 g/mol. The van der Waals surface area contributed by atoms with E-state index in [0.717, 1.165) is 12.1 Å². The van der Waals surface area contributed by atoms with Crippen LogP contribution >= 0.6 is 0 Å². The number of rotatable bonds is 3. The van der Waals surface area contributed by atoms with Gasteiger partial charge in [-0.05, 0) is 73.9 Å². The van der Waals surface area contributed by atoms with Gasteiger partial charge in [0.1, 0.15) is 10.6 Å². The van der Waals surface area contributed by atoms with Crippen LogP contribution in [0.1, 0.15) is 43.7 Å². The molecule has 2 aromatic rings. The number of hydrogen-bond acceptors (Lipinski definition) is 5. The van der Waals surface area contributed by atoms with Crippen molar-refractivity contribution < 1.29 is 26.1 Å². The Hall–Kier alpha value is -2.48. The Balaban J connectivity index is 1.75. The Kier molecular flexibility index (Phi) is 5.74. The molecule has 0 aromatic heterocycles. The lowest BCUT2D eigenvalue weighted by Gasteiger charge is -2.55.